The Morgan fingerprint density at radius 3 is 2.52 bits per heavy atom. The number of nitrogens with zero attached hydrogens (tertiary/aromatic N) is 3. The number of aliphatic hydroxyl groups is 1. The monoisotopic (exact) mass is 712 g/mol. The van der Waals surface area contributed by atoms with Gasteiger partial charge in [-0.05, 0) is 84.4 Å². The average molecular weight is 713 g/mol. The summed E-state index contributed by atoms with van der Waals surface area (Å²) < 4.78 is 6.09. The number of benzene rings is 2. The summed E-state index contributed by atoms with van der Waals surface area (Å²) in [5.74, 6) is 1.36. The van der Waals surface area contributed by atoms with Crippen molar-refractivity contribution in [2.75, 3.05) is 39.7 Å². The second-order valence-corrected chi connectivity index (χ2v) is 15.8. The van der Waals surface area contributed by atoms with Crippen molar-refractivity contribution >= 4 is 17.5 Å². The van der Waals surface area contributed by atoms with Crippen LogP contribution in [-0.2, 0) is 22.7 Å². The summed E-state index contributed by atoms with van der Waals surface area (Å²) in [6, 6.07) is 14.9. The third kappa shape index (κ3) is 7.42. The van der Waals surface area contributed by atoms with E-state index < -0.39 is 24.2 Å². The van der Waals surface area contributed by atoms with E-state index in [1.165, 1.54) is 6.42 Å². The molecule has 11 heteroatoms. The SMILES string of the molecule is CNC(=O)c1cc(-c2cccc(CN3O[C@@H](CNCc4ccncc4)[C@@H]([C@H](C)O)[C@H]3C(=O)N[C@H]3C[C@H]4C[C@@H]([C@@H]3C)C4(C)C)c2OC)cc(N(C)C)c1. The number of amides is 2. The molecule has 2 aromatic carbocycles. The third-order valence-electron chi connectivity index (χ3n) is 12.2. The van der Waals surface area contributed by atoms with Gasteiger partial charge in [-0.15, -0.1) is 0 Å². The molecule has 4 aliphatic rings. The Hall–Kier alpha value is -4.03. The van der Waals surface area contributed by atoms with Crippen molar-refractivity contribution in [1.82, 2.24) is 26.0 Å². The number of carbonyl (C=O) groups is 2. The molecule has 1 aromatic heterocycles. The number of para-hydroxylation sites is 1. The van der Waals surface area contributed by atoms with Crippen LogP contribution in [0.3, 0.4) is 0 Å². The maximum absolute atomic E-state index is 14.5. The highest BCUT2D eigenvalue weighted by atomic mass is 16.7. The summed E-state index contributed by atoms with van der Waals surface area (Å²) in [6.45, 7) is 10.0. The molecule has 0 unspecified atom stereocenters. The molecule has 11 nitrogen and oxygen atoms in total. The fourth-order valence-electron chi connectivity index (χ4n) is 9.01. The Morgan fingerprint density at radius 2 is 1.88 bits per heavy atom. The van der Waals surface area contributed by atoms with Crippen molar-refractivity contribution < 1.29 is 24.3 Å². The fourth-order valence-corrected chi connectivity index (χ4v) is 9.01. The molecule has 2 amide bonds. The van der Waals surface area contributed by atoms with Gasteiger partial charge in [0.1, 0.15) is 11.8 Å². The standard InChI is InChI=1S/C41H56N6O5/c1-24-33-19-30(41(33,3)4)20-34(24)45-40(50)37-36(25(2)48)35(22-44-21-26-12-14-43-15-13-26)52-47(37)23-27-10-9-11-32(38(27)51-8)28-16-29(39(49)42-5)18-31(17-28)46(6)7/h9-18,24-25,30,33-37,44,48H,19-23H2,1-8H3,(H,42,49)(H,45,50)/t24-,25-,30+,33-,34-,35-,36+,37-/m0/s1. The molecule has 3 aromatic rings. The van der Waals surface area contributed by atoms with Gasteiger partial charge in [0.25, 0.3) is 5.91 Å². The lowest BCUT2D eigenvalue weighted by atomic mass is 9.45. The van der Waals surface area contributed by atoms with Crippen LogP contribution in [0.5, 0.6) is 5.75 Å². The Kier molecular flexibility index (Phi) is 11.3. The van der Waals surface area contributed by atoms with Crippen molar-refractivity contribution in [3.63, 3.8) is 0 Å². The Bertz CT molecular complexity index is 1730. The van der Waals surface area contributed by atoms with E-state index in [0.29, 0.717) is 47.6 Å². The lowest BCUT2D eigenvalue weighted by Gasteiger charge is -2.62. The van der Waals surface area contributed by atoms with Crippen LogP contribution in [-0.4, -0.2) is 86.1 Å². The molecular weight excluding hydrogens is 656 g/mol. The smallest absolute Gasteiger partial charge is 0.251 e. The van der Waals surface area contributed by atoms with Crippen LogP contribution < -0.4 is 25.6 Å². The number of pyridine rings is 1. The minimum absolute atomic E-state index is 0.0704. The summed E-state index contributed by atoms with van der Waals surface area (Å²) in [7, 11) is 7.13. The largest absolute Gasteiger partial charge is 0.496 e. The van der Waals surface area contributed by atoms with Gasteiger partial charge in [0.05, 0.1) is 25.9 Å². The van der Waals surface area contributed by atoms with E-state index in [-0.39, 0.29) is 24.4 Å². The predicted octanol–water partition coefficient (Wildman–Crippen LogP) is 4.64. The number of rotatable bonds is 13. The van der Waals surface area contributed by atoms with E-state index in [9.17, 15) is 14.7 Å². The van der Waals surface area contributed by atoms with E-state index >= 15 is 0 Å². The number of nitrogens with one attached hydrogen (secondary N) is 3. The first-order chi connectivity index (χ1) is 24.8. The second kappa shape index (κ2) is 15.5. The maximum atomic E-state index is 14.5. The summed E-state index contributed by atoms with van der Waals surface area (Å²) in [5.41, 5.74) is 5.26. The average Bonchev–Trinajstić information content (AvgIpc) is 3.49. The number of ether oxygens (including phenoxy) is 1. The number of hydrogen-bond acceptors (Lipinski definition) is 9. The first kappa shape index (κ1) is 37.7. The van der Waals surface area contributed by atoms with Gasteiger partial charge in [0.15, 0.2) is 0 Å². The maximum Gasteiger partial charge on any atom is 0.251 e. The molecule has 1 saturated heterocycles. The molecule has 8 atom stereocenters. The van der Waals surface area contributed by atoms with E-state index in [1.807, 2.05) is 67.5 Å². The molecular formula is C41H56N6O5. The van der Waals surface area contributed by atoms with Crippen molar-refractivity contribution in [3.05, 3.63) is 77.6 Å². The van der Waals surface area contributed by atoms with E-state index in [1.54, 1.807) is 38.5 Å². The van der Waals surface area contributed by atoms with Crippen molar-refractivity contribution in [2.24, 2.45) is 29.1 Å². The molecule has 7 rings (SSSR count). The number of hydrogen-bond donors (Lipinski definition) is 4. The van der Waals surface area contributed by atoms with Crippen molar-refractivity contribution in [2.45, 2.75) is 77.9 Å². The zero-order chi connectivity index (χ0) is 37.3. The van der Waals surface area contributed by atoms with Crippen molar-refractivity contribution in [1.29, 1.82) is 0 Å². The van der Waals surface area contributed by atoms with Crippen molar-refractivity contribution in [3.8, 4) is 16.9 Å². The summed E-state index contributed by atoms with van der Waals surface area (Å²) in [6.07, 6.45) is 4.43. The topological polar surface area (TPSA) is 128 Å². The quantitative estimate of drug-likeness (QED) is 0.201. The number of aromatic nitrogens is 1. The third-order valence-corrected chi connectivity index (χ3v) is 12.2. The molecule has 2 heterocycles. The highest BCUT2D eigenvalue weighted by Crippen LogP contribution is 2.61. The molecule has 0 spiro atoms. The van der Waals surface area contributed by atoms with Crippen LogP contribution in [0.25, 0.3) is 11.1 Å². The fraction of sp³-hybridized carbons (Fsp3) is 0.537. The van der Waals surface area contributed by atoms with Crippen LogP contribution >= 0.6 is 0 Å². The lowest BCUT2D eigenvalue weighted by molar-refractivity contribution is -0.176. The van der Waals surface area contributed by atoms with Gasteiger partial charge in [-0.2, -0.15) is 5.06 Å². The number of aliphatic hydroxyl groups excluding tert-OH is 1. The Labute approximate surface area is 308 Å². The number of methoxy groups -OCH3 is 1. The minimum Gasteiger partial charge on any atom is -0.496 e. The van der Waals surface area contributed by atoms with Gasteiger partial charge in [0.2, 0.25) is 5.91 Å². The number of fused-ring (bicyclic) bond motifs is 2. The molecule has 52 heavy (non-hydrogen) atoms. The molecule has 4 N–H and O–H groups in total. The first-order valence-corrected chi connectivity index (χ1v) is 18.6. The number of hydroxylamine groups is 2. The van der Waals surface area contributed by atoms with E-state index in [0.717, 1.165) is 34.4 Å². The van der Waals surface area contributed by atoms with Gasteiger partial charge in [-0.3, -0.25) is 19.4 Å². The van der Waals surface area contributed by atoms with Crippen LogP contribution in [0.1, 0.15) is 62.0 Å². The lowest BCUT2D eigenvalue weighted by Crippen LogP contribution is -2.62. The van der Waals surface area contributed by atoms with Gasteiger partial charge >= 0.3 is 0 Å². The van der Waals surface area contributed by atoms with Crippen LogP contribution in [0.15, 0.2) is 60.9 Å². The Balaban J connectivity index is 1.31. The van der Waals surface area contributed by atoms with Gasteiger partial charge < -0.3 is 30.7 Å². The number of anilines is 1. The highest BCUT2D eigenvalue weighted by molar-refractivity contribution is 5.97. The molecule has 2 bridgehead atoms. The van der Waals surface area contributed by atoms with Crippen LogP contribution in [0, 0.1) is 29.1 Å². The minimum atomic E-state index is -0.810. The molecule has 280 valence electrons. The zero-order valence-corrected chi connectivity index (χ0v) is 31.8. The second-order valence-electron chi connectivity index (χ2n) is 15.8. The van der Waals surface area contributed by atoms with E-state index in [4.69, 9.17) is 9.57 Å². The highest BCUT2D eigenvalue weighted by Gasteiger charge is 2.57. The van der Waals surface area contributed by atoms with Gasteiger partial charge in [0, 0.05) is 81.0 Å². The van der Waals surface area contributed by atoms with Gasteiger partial charge in [-0.1, -0.05) is 39.0 Å². The Morgan fingerprint density at radius 1 is 1.13 bits per heavy atom. The molecule has 1 aliphatic heterocycles. The normalized spacial score (nSPS) is 27.0. The summed E-state index contributed by atoms with van der Waals surface area (Å²) in [5, 5.41) is 22.7. The molecule has 3 saturated carbocycles. The molecule has 3 aliphatic carbocycles. The summed E-state index contributed by atoms with van der Waals surface area (Å²) in [4.78, 5) is 40.0. The molecule has 4 fully saturated rings. The summed E-state index contributed by atoms with van der Waals surface area (Å²) >= 11 is 0. The number of carbonyl (C=O) groups excluding carboxylic acids is 2. The van der Waals surface area contributed by atoms with Crippen LogP contribution in [0.4, 0.5) is 5.69 Å². The predicted molar refractivity (Wildman–Crippen MR) is 203 cm³/mol. The van der Waals surface area contributed by atoms with Crippen LogP contribution in [0.2, 0.25) is 0 Å². The van der Waals surface area contributed by atoms with Gasteiger partial charge in [-0.25, -0.2) is 0 Å². The zero-order valence-electron chi connectivity index (χ0n) is 31.8. The molecule has 0 radical (unpaired) electrons. The van der Waals surface area contributed by atoms with E-state index in [2.05, 4.69) is 41.7 Å². The first-order valence-electron chi connectivity index (χ1n) is 18.6.